The summed E-state index contributed by atoms with van der Waals surface area (Å²) < 4.78 is 2.13. The lowest BCUT2D eigenvalue weighted by Gasteiger charge is -2.18. The van der Waals surface area contributed by atoms with Crippen LogP contribution in [-0.4, -0.2) is 40.5 Å². The minimum Gasteiger partial charge on any atom is -0.478 e. The average molecular weight is 550 g/mol. The number of amides is 1. The zero-order valence-electron chi connectivity index (χ0n) is 23.4. The summed E-state index contributed by atoms with van der Waals surface area (Å²) in [6, 6.07) is 16.8. The van der Waals surface area contributed by atoms with Crippen molar-refractivity contribution >= 4 is 28.6 Å². The zero-order chi connectivity index (χ0) is 29.1. The first-order valence-electron chi connectivity index (χ1n) is 13.9. The van der Waals surface area contributed by atoms with Gasteiger partial charge >= 0.3 is 5.97 Å². The van der Waals surface area contributed by atoms with Crippen LogP contribution >= 0.6 is 0 Å². The predicted molar refractivity (Wildman–Crippen MR) is 163 cm³/mol. The Morgan fingerprint density at radius 1 is 1.07 bits per heavy atom. The van der Waals surface area contributed by atoms with E-state index < -0.39 is 5.97 Å². The Morgan fingerprint density at radius 2 is 1.88 bits per heavy atom. The van der Waals surface area contributed by atoms with Gasteiger partial charge in [0.15, 0.2) is 0 Å². The van der Waals surface area contributed by atoms with Crippen molar-refractivity contribution in [2.24, 2.45) is 5.73 Å². The summed E-state index contributed by atoms with van der Waals surface area (Å²) in [6.07, 6.45) is 6.83. The maximum absolute atomic E-state index is 13.3. The number of nitrogens with one attached hydrogen (secondary N) is 3. The Balaban J connectivity index is 1.54. The van der Waals surface area contributed by atoms with E-state index in [0.29, 0.717) is 35.2 Å². The van der Waals surface area contributed by atoms with Crippen molar-refractivity contribution in [2.75, 3.05) is 13.1 Å². The normalized spacial score (nSPS) is 13.0. The third-order valence-corrected chi connectivity index (χ3v) is 7.71. The molecule has 8 heteroatoms. The first-order valence-corrected chi connectivity index (χ1v) is 13.9. The highest BCUT2D eigenvalue weighted by molar-refractivity contribution is 6.03. The van der Waals surface area contributed by atoms with Crippen molar-refractivity contribution in [2.45, 2.75) is 39.7 Å². The number of carbonyl (C=O) groups excluding carboxylic acids is 1. The molecule has 2 heterocycles. The van der Waals surface area contributed by atoms with E-state index in [1.807, 2.05) is 42.5 Å². The molecule has 0 saturated carbocycles. The van der Waals surface area contributed by atoms with Gasteiger partial charge in [-0.1, -0.05) is 42.5 Å². The van der Waals surface area contributed by atoms with Gasteiger partial charge in [-0.25, -0.2) is 4.79 Å². The molecule has 3 aromatic carbocycles. The number of nitrogen functional groups attached to an aromatic ring is 1. The molecule has 0 saturated heterocycles. The summed E-state index contributed by atoms with van der Waals surface area (Å²) >= 11 is 0. The molecule has 0 unspecified atom stereocenters. The number of hydrogen-bond donors (Lipinski definition) is 5. The molecule has 1 aliphatic heterocycles. The predicted octanol–water partition coefficient (Wildman–Crippen LogP) is 5.21. The van der Waals surface area contributed by atoms with Gasteiger partial charge in [0.1, 0.15) is 5.84 Å². The van der Waals surface area contributed by atoms with Gasteiger partial charge in [0, 0.05) is 53.4 Å². The smallest absolute Gasteiger partial charge is 0.336 e. The summed E-state index contributed by atoms with van der Waals surface area (Å²) in [4.78, 5) is 25.7. The lowest BCUT2D eigenvalue weighted by Crippen LogP contribution is -2.32. The fourth-order valence-electron chi connectivity index (χ4n) is 5.54. The summed E-state index contributed by atoms with van der Waals surface area (Å²) in [5.41, 5.74) is 12.9. The van der Waals surface area contributed by atoms with Crippen molar-refractivity contribution in [3.63, 3.8) is 0 Å². The van der Waals surface area contributed by atoms with Crippen LogP contribution in [-0.2, 0) is 13.0 Å². The van der Waals surface area contributed by atoms with Crippen molar-refractivity contribution in [1.82, 2.24) is 15.2 Å². The Kier molecular flexibility index (Phi) is 7.92. The maximum Gasteiger partial charge on any atom is 0.336 e. The van der Waals surface area contributed by atoms with Gasteiger partial charge in [-0.2, -0.15) is 0 Å². The number of hydrogen-bond acceptors (Lipinski definition) is 4. The lowest BCUT2D eigenvalue weighted by molar-refractivity contribution is 0.0697. The van der Waals surface area contributed by atoms with E-state index in [4.69, 9.17) is 11.1 Å². The second-order valence-corrected chi connectivity index (χ2v) is 10.4. The monoisotopic (exact) mass is 549 g/mol. The molecular weight excluding hydrogens is 514 g/mol. The summed E-state index contributed by atoms with van der Waals surface area (Å²) in [5, 5.41) is 25.3. The van der Waals surface area contributed by atoms with E-state index >= 15 is 0 Å². The molecule has 6 N–H and O–H groups in total. The molecule has 41 heavy (non-hydrogen) atoms. The van der Waals surface area contributed by atoms with Gasteiger partial charge in [-0.05, 0) is 72.7 Å². The van der Waals surface area contributed by atoms with Gasteiger partial charge in [0.2, 0.25) is 0 Å². The number of carbonyl (C=O) groups is 2. The van der Waals surface area contributed by atoms with Crippen LogP contribution in [0.25, 0.3) is 22.0 Å². The van der Waals surface area contributed by atoms with Crippen LogP contribution in [0.3, 0.4) is 0 Å². The first kappa shape index (κ1) is 27.7. The molecule has 8 nitrogen and oxygen atoms in total. The van der Waals surface area contributed by atoms with Gasteiger partial charge in [-0.15, -0.1) is 0 Å². The minimum absolute atomic E-state index is 0.0230. The van der Waals surface area contributed by atoms with E-state index in [1.54, 1.807) is 19.1 Å². The fourth-order valence-corrected chi connectivity index (χ4v) is 5.54. The largest absolute Gasteiger partial charge is 0.478 e. The summed E-state index contributed by atoms with van der Waals surface area (Å²) in [6.45, 7) is 5.88. The van der Waals surface area contributed by atoms with Crippen molar-refractivity contribution in [1.29, 1.82) is 5.41 Å². The molecule has 0 radical (unpaired) electrons. The number of benzene rings is 3. The summed E-state index contributed by atoms with van der Waals surface area (Å²) in [7, 11) is 0. The molecule has 1 aliphatic rings. The first-order chi connectivity index (χ1) is 19.8. The van der Waals surface area contributed by atoms with Crippen LogP contribution in [0.2, 0.25) is 0 Å². The van der Waals surface area contributed by atoms with Gasteiger partial charge in [-0.3, -0.25) is 10.2 Å². The Morgan fingerprint density at radius 3 is 2.59 bits per heavy atom. The van der Waals surface area contributed by atoms with Crippen molar-refractivity contribution < 1.29 is 14.7 Å². The van der Waals surface area contributed by atoms with E-state index in [2.05, 4.69) is 34.4 Å². The molecule has 0 fully saturated rings. The summed E-state index contributed by atoms with van der Waals surface area (Å²) in [5.74, 6) is -1.26. The molecule has 4 aromatic rings. The van der Waals surface area contributed by atoms with Gasteiger partial charge in [0.05, 0.1) is 12.1 Å². The standard InChI is InChI=1S/C33H35N5O3/c1-3-38-19-23(26-12-11-22(31(34)35)16-30(26)38)15-21-8-4-5-10-25(21)28-17-27(20(2)14-29(28)33(40)41)32(39)37-18-24-9-6-7-13-36-24/h4-5,8-12,14,16-17,19,36H,3,6-7,13,15,18H2,1-2H3,(H3,34,35)(H,37,39)(H,40,41). The fraction of sp³-hybridized carbons (Fsp3) is 0.242. The third-order valence-electron chi connectivity index (χ3n) is 7.71. The second-order valence-electron chi connectivity index (χ2n) is 10.4. The number of aromatic nitrogens is 1. The number of nitrogens with two attached hydrogens (primary N) is 1. The number of allylic oxidation sites excluding steroid dienone is 1. The molecule has 0 spiro atoms. The average Bonchev–Trinajstić information content (AvgIpc) is 3.33. The number of nitrogens with zero attached hydrogens (tertiary/aromatic N) is 1. The zero-order valence-corrected chi connectivity index (χ0v) is 23.4. The Bertz CT molecular complexity index is 1700. The van der Waals surface area contributed by atoms with E-state index in [-0.39, 0.29) is 17.3 Å². The number of carboxylic acids is 1. The number of amidine groups is 1. The highest BCUT2D eigenvalue weighted by atomic mass is 16.4. The van der Waals surface area contributed by atoms with E-state index in [1.165, 1.54) is 0 Å². The van der Waals surface area contributed by atoms with Crippen LogP contribution in [0.4, 0.5) is 0 Å². The van der Waals surface area contributed by atoms with Crippen LogP contribution in [0.1, 0.15) is 62.7 Å². The molecule has 0 bridgehead atoms. The number of aryl methyl sites for hydroxylation is 2. The number of fused-ring (bicyclic) bond motifs is 1. The Hall–Kier alpha value is -4.85. The number of aromatic carboxylic acids is 1. The molecule has 1 amide bonds. The third kappa shape index (κ3) is 5.72. The topological polar surface area (TPSA) is 133 Å². The number of rotatable bonds is 9. The molecular formula is C33H35N5O3. The molecule has 1 aromatic heterocycles. The highest BCUT2D eigenvalue weighted by Crippen LogP contribution is 2.33. The quantitative estimate of drug-likeness (QED) is 0.144. The van der Waals surface area contributed by atoms with Crippen LogP contribution in [0, 0.1) is 12.3 Å². The van der Waals surface area contributed by atoms with Crippen molar-refractivity contribution in [3.05, 3.63) is 106 Å². The Labute approximate surface area is 239 Å². The van der Waals surface area contributed by atoms with E-state index in [0.717, 1.165) is 59.2 Å². The highest BCUT2D eigenvalue weighted by Gasteiger charge is 2.21. The number of carboxylic acid groups (broad SMARTS) is 1. The van der Waals surface area contributed by atoms with Crippen molar-refractivity contribution in [3.8, 4) is 11.1 Å². The SMILES string of the molecule is CCn1cc(Cc2ccccc2-c2cc(C(=O)NCC3=CCCCN3)c(C)cc2C(=O)O)c2ccc(C(=N)N)cc21. The molecule has 0 aliphatic carbocycles. The molecule has 210 valence electrons. The lowest BCUT2D eigenvalue weighted by atomic mass is 9.89. The minimum atomic E-state index is -1.04. The maximum atomic E-state index is 13.3. The molecule has 5 rings (SSSR count). The van der Waals surface area contributed by atoms with Crippen LogP contribution in [0.15, 0.2) is 72.6 Å². The second kappa shape index (κ2) is 11.7. The van der Waals surface area contributed by atoms with Gasteiger partial charge in [0.25, 0.3) is 5.91 Å². The van der Waals surface area contributed by atoms with E-state index in [9.17, 15) is 14.7 Å². The van der Waals surface area contributed by atoms with Gasteiger partial charge < -0.3 is 26.0 Å². The van der Waals surface area contributed by atoms with Crippen LogP contribution in [0.5, 0.6) is 0 Å². The molecule has 0 atom stereocenters. The van der Waals surface area contributed by atoms with Crippen LogP contribution < -0.4 is 16.4 Å².